The third-order valence-electron chi connectivity index (χ3n) is 3.56. The van der Waals surface area contributed by atoms with E-state index in [0.29, 0.717) is 19.5 Å². The van der Waals surface area contributed by atoms with E-state index >= 15 is 0 Å². The molecule has 1 atom stereocenters. The van der Waals surface area contributed by atoms with Gasteiger partial charge >= 0.3 is 0 Å². The number of benzene rings is 1. The average molecular weight is 275 g/mol. The SMILES string of the molecule is NC(=O)CCCCNC(=O)C1CNCc2ccccc21. The van der Waals surface area contributed by atoms with Gasteiger partial charge in [-0.15, -0.1) is 0 Å². The van der Waals surface area contributed by atoms with Crippen LogP contribution in [0, 0.1) is 0 Å². The topological polar surface area (TPSA) is 84.2 Å². The highest BCUT2D eigenvalue weighted by Gasteiger charge is 2.25. The maximum atomic E-state index is 12.2. The van der Waals surface area contributed by atoms with Crippen LogP contribution in [0.3, 0.4) is 0 Å². The Labute approximate surface area is 118 Å². The van der Waals surface area contributed by atoms with Crippen LogP contribution in [0.5, 0.6) is 0 Å². The minimum atomic E-state index is -0.290. The molecule has 0 aliphatic carbocycles. The van der Waals surface area contributed by atoms with Crippen molar-refractivity contribution < 1.29 is 9.59 Å². The molecule has 1 heterocycles. The largest absolute Gasteiger partial charge is 0.370 e. The summed E-state index contributed by atoms with van der Waals surface area (Å²) in [6.45, 7) is 2.08. The lowest BCUT2D eigenvalue weighted by Gasteiger charge is -2.25. The molecule has 1 aromatic carbocycles. The second-order valence-corrected chi connectivity index (χ2v) is 5.10. The van der Waals surface area contributed by atoms with E-state index < -0.39 is 0 Å². The first-order valence-corrected chi connectivity index (χ1v) is 7.03. The van der Waals surface area contributed by atoms with Gasteiger partial charge in [0.05, 0.1) is 5.92 Å². The van der Waals surface area contributed by atoms with Crippen LogP contribution < -0.4 is 16.4 Å². The lowest BCUT2D eigenvalue weighted by atomic mass is 9.90. The summed E-state index contributed by atoms with van der Waals surface area (Å²) in [5.74, 6) is -0.374. The van der Waals surface area contributed by atoms with Gasteiger partial charge in [-0.25, -0.2) is 0 Å². The number of hydrogen-bond donors (Lipinski definition) is 3. The van der Waals surface area contributed by atoms with E-state index in [1.165, 1.54) is 5.56 Å². The third-order valence-corrected chi connectivity index (χ3v) is 3.56. The number of rotatable bonds is 6. The van der Waals surface area contributed by atoms with Crippen LogP contribution in [0.1, 0.15) is 36.3 Å². The molecule has 0 bridgehead atoms. The molecule has 1 aliphatic rings. The molecule has 20 heavy (non-hydrogen) atoms. The summed E-state index contributed by atoms with van der Waals surface area (Å²) in [4.78, 5) is 22.8. The lowest BCUT2D eigenvalue weighted by molar-refractivity contribution is -0.122. The van der Waals surface area contributed by atoms with Crippen LogP contribution >= 0.6 is 0 Å². The minimum absolute atomic E-state index is 0.0451. The summed E-state index contributed by atoms with van der Waals surface area (Å²) in [6, 6.07) is 8.03. The fourth-order valence-corrected chi connectivity index (χ4v) is 2.49. The van der Waals surface area contributed by atoms with Gasteiger partial charge in [0, 0.05) is 26.1 Å². The predicted octanol–water partition coefficient (Wildman–Crippen LogP) is 0.645. The maximum absolute atomic E-state index is 12.2. The molecule has 1 unspecified atom stereocenters. The van der Waals surface area contributed by atoms with Crippen molar-refractivity contribution in [1.82, 2.24) is 10.6 Å². The van der Waals surface area contributed by atoms with E-state index in [0.717, 1.165) is 24.9 Å². The second kappa shape index (κ2) is 7.05. The number of nitrogens with two attached hydrogens (primary N) is 1. The van der Waals surface area contributed by atoms with Crippen molar-refractivity contribution in [2.75, 3.05) is 13.1 Å². The van der Waals surface area contributed by atoms with Gasteiger partial charge in [-0.05, 0) is 24.0 Å². The number of carbonyl (C=O) groups is 2. The van der Waals surface area contributed by atoms with Crippen LogP contribution in [0.4, 0.5) is 0 Å². The number of amides is 2. The van der Waals surface area contributed by atoms with Gasteiger partial charge in [0.1, 0.15) is 0 Å². The zero-order valence-corrected chi connectivity index (χ0v) is 11.5. The highest BCUT2D eigenvalue weighted by Crippen LogP contribution is 2.23. The summed E-state index contributed by atoms with van der Waals surface area (Å²) in [7, 11) is 0. The van der Waals surface area contributed by atoms with Crippen molar-refractivity contribution >= 4 is 11.8 Å². The smallest absolute Gasteiger partial charge is 0.228 e. The van der Waals surface area contributed by atoms with Crippen LogP contribution in [0.15, 0.2) is 24.3 Å². The molecule has 108 valence electrons. The molecule has 1 aliphatic heterocycles. The molecule has 5 heteroatoms. The quantitative estimate of drug-likeness (QED) is 0.666. The summed E-state index contributed by atoms with van der Waals surface area (Å²) in [6.07, 6.45) is 1.87. The molecule has 2 amide bonds. The lowest BCUT2D eigenvalue weighted by Crippen LogP contribution is -2.39. The fourth-order valence-electron chi connectivity index (χ4n) is 2.49. The van der Waals surface area contributed by atoms with Gasteiger partial charge in [-0.3, -0.25) is 9.59 Å². The van der Waals surface area contributed by atoms with Crippen molar-refractivity contribution in [2.45, 2.75) is 31.7 Å². The van der Waals surface area contributed by atoms with E-state index in [4.69, 9.17) is 5.73 Å². The van der Waals surface area contributed by atoms with Gasteiger partial charge < -0.3 is 16.4 Å². The first-order valence-electron chi connectivity index (χ1n) is 7.03. The summed E-state index contributed by atoms with van der Waals surface area (Å²) < 4.78 is 0. The fraction of sp³-hybridized carbons (Fsp3) is 0.467. The van der Waals surface area contributed by atoms with Gasteiger partial charge in [0.25, 0.3) is 0 Å². The molecule has 2 rings (SSSR count). The van der Waals surface area contributed by atoms with Gasteiger partial charge in [-0.2, -0.15) is 0 Å². The minimum Gasteiger partial charge on any atom is -0.370 e. The molecule has 5 nitrogen and oxygen atoms in total. The molecule has 0 spiro atoms. The van der Waals surface area contributed by atoms with Crippen molar-refractivity contribution in [1.29, 1.82) is 0 Å². The maximum Gasteiger partial charge on any atom is 0.228 e. The first-order chi connectivity index (χ1) is 9.68. The normalized spacial score (nSPS) is 17.3. The number of hydrogen-bond acceptors (Lipinski definition) is 3. The van der Waals surface area contributed by atoms with Crippen molar-refractivity contribution in [3.8, 4) is 0 Å². The molecule has 0 fully saturated rings. The zero-order chi connectivity index (χ0) is 14.4. The molecule has 0 radical (unpaired) electrons. The van der Waals surface area contributed by atoms with Crippen LogP contribution in [0.25, 0.3) is 0 Å². The van der Waals surface area contributed by atoms with E-state index in [1.54, 1.807) is 0 Å². The summed E-state index contributed by atoms with van der Waals surface area (Å²) in [5, 5.41) is 6.20. The van der Waals surface area contributed by atoms with Crippen molar-refractivity contribution in [3.63, 3.8) is 0 Å². The first kappa shape index (κ1) is 14.5. The van der Waals surface area contributed by atoms with Crippen molar-refractivity contribution in [3.05, 3.63) is 35.4 Å². The summed E-state index contributed by atoms with van der Waals surface area (Å²) >= 11 is 0. The molecule has 0 saturated heterocycles. The molecule has 0 aromatic heterocycles. The molecule has 1 aromatic rings. The Kier molecular flexibility index (Phi) is 5.12. The molecular formula is C15H21N3O2. The standard InChI is InChI=1S/C15H21N3O2/c16-14(19)7-3-4-8-18-15(20)13-10-17-9-11-5-1-2-6-12(11)13/h1-2,5-6,13,17H,3-4,7-10H2,(H2,16,19)(H,18,20). The zero-order valence-electron chi connectivity index (χ0n) is 11.5. The Morgan fingerprint density at radius 1 is 1.30 bits per heavy atom. The van der Waals surface area contributed by atoms with Gasteiger partial charge in [0.15, 0.2) is 0 Å². The van der Waals surface area contributed by atoms with E-state index in [2.05, 4.69) is 16.7 Å². The molecular weight excluding hydrogens is 254 g/mol. The number of fused-ring (bicyclic) bond motifs is 1. The summed E-state index contributed by atoms with van der Waals surface area (Å²) in [5.41, 5.74) is 7.37. The van der Waals surface area contributed by atoms with Crippen molar-refractivity contribution in [2.24, 2.45) is 5.73 Å². The van der Waals surface area contributed by atoms with Crippen LogP contribution in [-0.4, -0.2) is 24.9 Å². The predicted molar refractivity (Wildman–Crippen MR) is 76.9 cm³/mol. The highest BCUT2D eigenvalue weighted by atomic mass is 16.2. The Morgan fingerprint density at radius 2 is 2.10 bits per heavy atom. The van der Waals surface area contributed by atoms with Crippen LogP contribution in [-0.2, 0) is 16.1 Å². The molecule has 4 N–H and O–H groups in total. The van der Waals surface area contributed by atoms with E-state index in [1.807, 2.05) is 18.2 Å². The average Bonchev–Trinajstić information content (AvgIpc) is 2.45. The van der Waals surface area contributed by atoms with Crippen LogP contribution in [0.2, 0.25) is 0 Å². The highest BCUT2D eigenvalue weighted by molar-refractivity contribution is 5.84. The van der Waals surface area contributed by atoms with Gasteiger partial charge in [0.2, 0.25) is 11.8 Å². The van der Waals surface area contributed by atoms with E-state index in [-0.39, 0.29) is 17.7 Å². The number of nitrogens with one attached hydrogen (secondary N) is 2. The molecule has 0 saturated carbocycles. The Hall–Kier alpha value is -1.88. The number of unbranched alkanes of at least 4 members (excludes halogenated alkanes) is 1. The Balaban J connectivity index is 1.83. The van der Waals surface area contributed by atoms with Gasteiger partial charge in [-0.1, -0.05) is 24.3 Å². The monoisotopic (exact) mass is 275 g/mol. The number of carbonyl (C=O) groups excluding carboxylic acids is 2. The third kappa shape index (κ3) is 3.81. The Bertz CT molecular complexity index is 488. The second-order valence-electron chi connectivity index (χ2n) is 5.10. The Morgan fingerprint density at radius 3 is 2.90 bits per heavy atom. The number of primary amides is 1. The van der Waals surface area contributed by atoms with E-state index in [9.17, 15) is 9.59 Å².